The Kier molecular flexibility index (Phi) is 6.05. The number of carboxylic acid groups (broad SMARTS) is 1. The highest BCUT2D eigenvalue weighted by molar-refractivity contribution is 6.04. The number of carbonyl (C=O) groups excluding carboxylic acids is 1. The van der Waals surface area contributed by atoms with Crippen molar-refractivity contribution in [2.75, 3.05) is 19.8 Å². The lowest BCUT2D eigenvalue weighted by molar-refractivity contribution is 0.0690. The largest absolute Gasteiger partial charge is 0.478 e. The first-order valence-corrected chi connectivity index (χ1v) is 6.05. The van der Waals surface area contributed by atoms with Crippen molar-refractivity contribution in [2.24, 2.45) is 0 Å². The molecule has 0 bridgehead atoms. The van der Waals surface area contributed by atoms with Crippen molar-refractivity contribution in [1.82, 2.24) is 5.32 Å². The Hall–Kier alpha value is -2.02. The second-order valence-corrected chi connectivity index (χ2v) is 3.92. The number of halogens is 2. The molecule has 0 heterocycles. The molecule has 0 aliphatic heterocycles. The van der Waals surface area contributed by atoms with Crippen LogP contribution in [0, 0.1) is 11.6 Å². The fourth-order valence-electron chi connectivity index (χ4n) is 1.53. The zero-order chi connectivity index (χ0) is 15.1. The van der Waals surface area contributed by atoms with E-state index < -0.39 is 34.6 Å². The van der Waals surface area contributed by atoms with Crippen LogP contribution in [0.5, 0.6) is 0 Å². The summed E-state index contributed by atoms with van der Waals surface area (Å²) in [5, 5.41) is 11.3. The Labute approximate surface area is 114 Å². The molecule has 110 valence electrons. The molecule has 0 unspecified atom stereocenters. The molecule has 2 N–H and O–H groups in total. The van der Waals surface area contributed by atoms with Crippen molar-refractivity contribution < 1.29 is 28.2 Å². The highest BCUT2D eigenvalue weighted by atomic mass is 19.2. The lowest BCUT2D eigenvalue weighted by Gasteiger charge is -2.08. The third kappa shape index (κ3) is 4.27. The van der Waals surface area contributed by atoms with Crippen LogP contribution < -0.4 is 5.32 Å². The minimum absolute atomic E-state index is 0.247. The first-order chi connectivity index (χ1) is 9.47. The van der Waals surface area contributed by atoms with Crippen LogP contribution in [0.25, 0.3) is 0 Å². The zero-order valence-corrected chi connectivity index (χ0v) is 10.9. The van der Waals surface area contributed by atoms with Gasteiger partial charge >= 0.3 is 5.97 Å². The van der Waals surface area contributed by atoms with Crippen LogP contribution in [0.15, 0.2) is 12.1 Å². The second kappa shape index (κ2) is 7.54. The number of aromatic carboxylic acids is 1. The number of hydrogen-bond donors (Lipinski definition) is 2. The molecule has 0 fully saturated rings. The van der Waals surface area contributed by atoms with E-state index in [0.29, 0.717) is 31.8 Å². The third-order valence-corrected chi connectivity index (χ3v) is 2.49. The predicted octanol–water partition coefficient (Wildman–Crippen LogP) is 1.82. The van der Waals surface area contributed by atoms with Crippen LogP contribution >= 0.6 is 0 Å². The Morgan fingerprint density at radius 2 is 1.85 bits per heavy atom. The summed E-state index contributed by atoms with van der Waals surface area (Å²) < 4.78 is 31.2. The normalized spacial score (nSPS) is 10.3. The molecule has 0 aliphatic rings. The van der Waals surface area contributed by atoms with Crippen molar-refractivity contribution >= 4 is 11.9 Å². The molecule has 20 heavy (non-hydrogen) atoms. The third-order valence-electron chi connectivity index (χ3n) is 2.49. The number of ether oxygens (including phenoxy) is 1. The van der Waals surface area contributed by atoms with E-state index in [9.17, 15) is 18.4 Å². The summed E-state index contributed by atoms with van der Waals surface area (Å²) >= 11 is 0. The topological polar surface area (TPSA) is 75.6 Å². The summed E-state index contributed by atoms with van der Waals surface area (Å²) in [5.74, 6) is -4.84. The number of benzene rings is 1. The summed E-state index contributed by atoms with van der Waals surface area (Å²) in [4.78, 5) is 22.7. The highest BCUT2D eigenvalue weighted by Crippen LogP contribution is 2.15. The van der Waals surface area contributed by atoms with Gasteiger partial charge in [-0.05, 0) is 25.5 Å². The minimum Gasteiger partial charge on any atom is -0.478 e. The summed E-state index contributed by atoms with van der Waals surface area (Å²) in [6, 6.07) is 1.07. The molecule has 0 aromatic heterocycles. The lowest BCUT2D eigenvalue weighted by Crippen LogP contribution is -2.27. The molecule has 1 aromatic carbocycles. The molecule has 5 nitrogen and oxygen atoms in total. The Balaban J connectivity index is 2.76. The molecule has 0 saturated heterocycles. The van der Waals surface area contributed by atoms with Crippen molar-refractivity contribution in [1.29, 1.82) is 0 Å². The minimum atomic E-state index is -1.50. The first-order valence-electron chi connectivity index (χ1n) is 6.05. The number of carbonyl (C=O) groups is 2. The summed E-state index contributed by atoms with van der Waals surface area (Å²) in [6.07, 6.45) is 0.533. The van der Waals surface area contributed by atoms with Gasteiger partial charge < -0.3 is 15.2 Å². The van der Waals surface area contributed by atoms with Crippen LogP contribution in [0.4, 0.5) is 8.78 Å². The van der Waals surface area contributed by atoms with Crippen molar-refractivity contribution in [3.8, 4) is 0 Å². The Bertz CT molecular complexity index is 505. The van der Waals surface area contributed by atoms with Crippen LogP contribution in [0.2, 0.25) is 0 Å². The number of nitrogens with one attached hydrogen (secondary N) is 1. The van der Waals surface area contributed by atoms with E-state index in [1.807, 2.05) is 6.92 Å². The quantitative estimate of drug-likeness (QED) is 0.750. The van der Waals surface area contributed by atoms with Crippen LogP contribution in [-0.2, 0) is 4.74 Å². The molecule has 0 spiro atoms. The fraction of sp³-hybridized carbons (Fsp3) is 0.385. The highest BCUT2D eigenvalue weighted by Gasteiger charge is 2.20. The van der Waals surface area contributed by atoms with Gasteiger partial charge in [0.2, 0.25) is 0 Å². The standard InChI is InChI=1S/C13H15F2NO4/c1-2-20-5-3-4-16-12(17)8-6-10(14)11(15)7-9(8)13(18)19/h6-7H,2-5H2,1H3,(H,16,17)(H,18,19). The molecule has 1 amide bonds. The van der Waals surface area contributed by atoms with E-state index in [1.165, 1.54) is 0 Å². The van der Waals surface area contributed by atoms with Crippen molar-refractivity contribution in [3.63, 3.8) is 0 Å². The average Bonchev–Trinajstić information content (AvgIpc) is 2.40. The van der Waals surface area contributed by atoms with Crippen molar-refractivity contribution in [2.45, 2.75) is 13.3 Å². The van der Waals surface area contributed by atoms with Gasteiger partial charge in [0.25, 0.3) is 5.91 Å². The molecule has 1 aromatic rings. The molecule has 0 aliphatic carbocycles. The summed E-state index contributed by atoms with van der Waals surface area (Å²) in [7, 11) is 0. The van der Waals surface area contributed by atoms with Crippen LogP contribution in [0.1, 0.15) is 34.1 Å². The number of rotatable bonds is 7. The molecular weight excluding hydrogens is 272 g/mol. The Morgan fingerprint density at radius 3 is 2.40 bits per heavy atom. The molecule has 0 saturated carbocycles. The molecule has 0 radical (unpaired) electrons. The van der Waals surface area contributed by atoms with E-state index >= 15 is 0 Å². The number of amides is 1. The molecular formula is C13H15F2NO4. The average molecular weight is 287 g/mol. The van der Waals surface area contributed by atoms with Gasteiger partial charge in [0, 0.05) is 19.8 Å². The van der Waals surface area contributed by atoms with Gasteiger partial charge in [0.15, 0.2) is 11.6 Å². The van der Waals surface area contributed by atoms with Gasteiger partial charge in [0.05, 0.1) is 11.1 Å². The monoisotopic (exact) mass is 287 g/mol. The predicted molar refractivity (Wildman–Crippen MR) is 66.8 cm³/mol. The first kappa shape index (κ1) is 16.0. The van der Waals surface area contributed by atoms with Gasteiger partial charge in [-0.3, -0.25) is 4.79 Å². The SMILES string of the molecule is CCOCCCNC(=O)c1cc(F)c(F)cc1C(=O)O. The summed E-state index contributed by atoms with van der Waals surface area (Å²) in [5.41, 5.74) is -0.987. The van der Waals surface area contributed by atoms with Gasteiger partial charge in [-0.25, -0.2) is 13.6 Å². The van der Waals surface area contributed by atoms with E-state index in [0.717, 1.165) is 0 Å². The van der Waals surface area contributed by atoms with E-state index in [-0.39, 0.29) is 6.54 Å². The van der Waals surface area contributed by atoms with Gasteiger partial charge in [-0.1, -0.05) is 0 Å². The second-order valence-electron chi connectivity index (χ2n) is 3.92. The van der Waals surface area contributed by atoms with Crippen LogP contribution in [0.3, 0.4) is 0 Å². The molecule has 1 rings (SSSR count). The van der Waals surface area contributed by atoms with E-state index in [4.69, 9.17) is 9.84 Å². The van der Waals surface area contributed by atoms with Gasteiger partial charge in [-0.15, -0.1) is 0 Å². The number of hydrogen-bond acceptors (Lipinski definition) is 3. The van der Waals surface area contributed by atoms with E-state index in [2.05, 4.69) is 5.32 Å². The van der Waals surface area contributed by atoms with Gasteiger partial charge in [0.1, 0.15) is 0 Å². The maximum absolute atomic E-state index is 13.1. The molecule has 0 atom stereocenters. The lowest BCUT2D eigenvalue weighted by atomic mass is 10.1. The molecule has 7 heteroatoms. The Morgan fingerprint density at radius 1 is 1.25 bits per heavy atom. The van der Waals surface area contributed by atoms with Gasteiger partial charge in [-0.2, -0.15) is 0 Å². The fourth-order valence-corrected chi connectivity index (χ4v) is 1.53. The smallest absolute Gasteiger partial charge is 0.336 e. The zero-order valence-electron chi connectivity index (χ0n) is 10.9. The summed E-state index contributed by atoms with van der Waals surface area (Å²) in [6.45, 7) is 3.08. The maximum Gasteiger partial charge on any atom is 0.336 e. The van der Waals surface area contributed by atoms with E-state index in [1.54, 1.807) is 0 Å². The number of carboxylic acids is 1. The van der Waals surface area contributed by atoms with Crippen molar-refractivity contribution in [3.05, 3.63) is 34.9 Å². The maximum atomic E-state index is 13.1. The van der Waals surface area contributed by atoms with Crippen LogP contribution in [-0.4, -0.2) is 36.7 Å².